The average Bonchev–Trinajstić information content (AvgIpc) is 2.64. The second-order valence-corrected chi connectivity index (χ2v) is 4.91. The summed E-state index contributed by atoms with van der Waals surface area (Å²) in [5, 5.41) is 2.18. The summed E-state index contributed by atoms with van der Waals surface area (Å²) in [7, 11) is 0. The van der Waals surface area contributed by atoms with E-state index in [1.807, 2.05) is 67.5 Å². The molecule has 0 saturated carbocycles. The second-order valence-electron chi connectivity index (χ2n) is 4.91. The molecule has 0 unspecified atom stereocenters. The SMILES string of the molecule is C=O.Nc1ccc2ncccc2c1.Nc1ccc2ncccc2c1. The molecular formula is C19H18N4O. The van der Waals surface area contributed by atoms with Gasteiger partial charge in [-0.25, -0.2) is 0 Å². The van der Waals surface area contributed by atoms with E-state index in [0.717, 1.165) is 33.2 Å². The molecule has 120 valence electrons. The molecule has 24 heavy (non-hydrogen) atoms. The van der Waals surface area contributed by atoms with Gasteiger partial charge in [0.1, 0.15) is 6.79 Å². The highest BCUT2D eigenvalue weighted by molar-refractivity contribution is 5.82. The molecule has 0 fully saturated rings. The summed E-state index contributed by atoms with van der Waals surface area (Å²) in [5.74, 6) is 0. The third-order valence-corrected chi connectivity index (χ3v) is 3.25. The highest BCUT2D eigenvalue weighted by Crippen LogP contribution is 2.14. The van der Waals surface area contributed by atoms with E-state index < -0.39 is 0 Å². The minimum atomic E-state index is 0.783. The Morgan fingerprint density at radius 1 is 0.667 bits per heavy atom. The molecule has 0 aliphatic carbocycles. The van der Waals surface area contributed by atoms with Crippen molar-refractivity contribution in [2.45, 2.75) is 0 Å². The largest absolute Gasteiger partial charge is 0.399 e. The zero-order valence-electron chi connectivity index (χ0n) is 13.1. The number of anilines is 2. The molecular weight excluding hydrogens is 300 g/mol. The molecule has 2 heterocycles. The third-order valence-electron chi connectivity index (χ3n) is 3.25. The van der Waals surface area contributed by atoms with Gasteiger partial charge in [0, 0.05) is 34.5 Å². The minimum Gasteiger partial charge on any atom is -0.399 e. The van der Waals surface area contributed by atoms with Gasteiger partial charge in [0.15, 0.2) is 0 Å². The first-order chi connectivity index (χ1) is 11.7. The molecule has 0 radical (unpaired) electrons. The van der Waals surface area contributed by atoms with Crippen LogP contribution in [0.1, 0.15) is 0 Å². The Hall–Kier alpha value is -3.47. The Bertz CT molecular complexity index is 863. The van der Waals surface area contributed by atoms with Gasteiger partial charge in [-0.3, -0.25) is 9.97 Å². The Kier molecular flexibility index (Phi) is 5.80. The standard InChI is InChI=1S/2C9H8N2.CH2O/c2*10-8-3-4-9-7(6-8)2-1-5-11-9;1-2/h2*1-6H,10H2;1H2. The number of hydrogen-bond donors (Lipinski definition) is 2. The molecule has 4 aromatic rings. The number of pyridine rings is 2. The molecule has 0 bridgehead atoms. The van der Waals surface area contributed by atoms with E-state index in [9.17, 15) is 0 Å². The summed E-state index contributed by atoms with van der Waals surface area (Å²) in [6.07, 6.45) is 3.55. The van der Waals surface area contributed by atoms with Gasteiger partial charge in [-0.05, 0) is 48.5 Å². The van der Waals surface area contributed by atoms with Gasteiger partial charge >= 0.3 is 0 Å². The molecule has 0 spiro atoms. The van der Waals surface area contributed by atoms with E-state index in [4.69, 9.17) is 16.3 Å². The van der Waals surface area contributed by atoms with E-state index >= 15 is 0 Å². The Morgan fingerprint density at radius 2 is 1.08 bits per heavy atom. The minimum absolute atomic E-state index is 0.783. The average molecular weight is 318 g/mol. The first-order valence-corrected chi connectivity index (χ1v) is 7.22. The number of nitrogens with zero attached hydrogens (tertiary/aromatic N) is 2. The Morgan fingerprint density at radius 3 is 1.50 bits per heavy atom. The molecule has 2 aromatic heterocycles. The van der Waals surface area contributed by atoms with Gasteiger partial charge in [0.2, 0.25) is 0 Å². The highest BCUT2D eigenvalue weighted by atomic mass is 16.1. The summed E-state index contributed by atoms with van der Waals surface area (Å²) in [4.78, 5) is 16.3. The van der Waals surface area contributed by atoms with Crippen LogP contribution in [-0.4, -0.2) is 16.8 Å². The zero-order chi connectivity index (χ0) is 17.4. The smallest absolute Gasteiger partial charge is 0.106 e. The van der Waals surface area contributed by atoms with Crippen LogP contribution >= 0.6 is 0 Å². The molecule has 0 atom stereocenters. The molecule has 0 saturated heterocycles. The first-order valence-electron chi connectivity index (χ1n) is 7.22. The fourth-order valence-corrected chi connectivity index (χ4v) is 2.19. The number of fused-ring (bicyclic) bond motifs is 2. The topological polar surface area (TPSA) is 94.9 Å². The van der Waals surface area contributed by atoms with Gasteiger partial charge < -0.3 is 16.3 Å². The van der Waals surface area contributed by atoms with Crippen LogP contribution < -0.4 is 11.5 Å². The Labute approximate surface area is 140 Å². The number of carbonyl (C=O) groups is 1. The molecule has 0 aliphatic rings. The van der Waals surface area contributed by atoms with Gasteiger partial charge in [0.25, 0.3) is 0 Å². The van der Waals surface area contributed by atoms with Crippen LogP contribution in [0.3, 0.4) is 0 Å². The normalized spacial score (nSPS) is 9.50. The summed E-state index contributed by atoms with van der Waals surface area (Å²) < 4.78 is 0. The molecule has 5 heteroatoms. The number of aromatic nitrogens is 2. The number of nitrogens with two attached hydrogens (primary N) is 2. The van der Waals surface area contributed by atoms with Crippen LogP contribution in [0.25, 0.3) is 21.8 Å². The van der Waals surface area contributed by atoms with Crippen molar-refractivity contribution in [1.29, 1.82) is 0 Å². The third kappa shape index (κ3) is 4.27. The van der Waals surface area contributed by atoms with Crippen LogP contribution in [0.4, 0.5) is 11.4 Å². The highest BCUT2D eigenvalue weighted by Gasteiger charge is 1.92. The first kappa shape index (κ1) is 16.9. The number of hydrogen-bond acceptors (Lipinski definition) is 5. The van der Waals surface area contributed by atoms with Gasteiger partial charge in [-0.15, -0.1) is 0 Å². The molecule has 4 N–H and O–H groups in total. The van der Waals surface area contributed by atoms with Gasteiger partial charge in [-0.1, -0.05) is 12.1 Å². The number of nitrogen functional groups attached to an aromatic ring is 2. The number of rotatable bonds is 0. The van der Waals surface area contributed by atoms with Gasteiger partial charge in [-0.2, -0.15) is 0 Å². The second kappa shape index (κ2) is 8.24. The predicted octanol–water partition coefficient (Wildman–Crippen LogP) is 3.45. The molecule has 0 aliphatic heterocycles. The van der Waals surface area contributed by atoms with E-state index in [1.165, 1.54) is 0 Å². The van der Waals surface area contributed by atoms with Crippen molar-refractivity contribution in [3.05, 3.63) is 73.1 Å². The quantitative estimate of drug-likeness (QED) is 0.484. The lowest BCUT2D eigenvalue weighted by molar-refractivity contribution is -0.0979. The van der Waals surface area contributed by atoms with Crippen molar-refractivity contribution < 1.29 is 4.79 Å². The van der Waals surface area contributed by atoms with E-state index in [0.29, 0.717) is 0 Å². The summed E-state index contributed by atoms with van der Waals surface area (Å²) in [6.45, 7) is 2.00. The maximum absolute atomic E-state index is 8.00. The molecule has 5 nitrogen and oxygen atoms in total. The van der Waals surface area contributed by atoms with Crippen molar-refractivity contribution in [3.8, 4) is 0 Å². The van der Waals surface area contributed by atoms with Crippen molar-refractivity contribution in [2.24, 2.45) is 0 Å². The fraction of sp³-hybridized carbons (Fsp3) is 0. The summed E-state index contributed by atoms with van der Waals surface area (Å²) in [6, 6.07) is 19.2. The monoisotopic (exact) mass is 318 g/mol. The van der Waals surface area contributed by atoms with Gasteiger partial charge in [0.05, 0.1) is 11.0 Å². The lowest BCUT2D eigenvalue weighted by Crippen LogP contribution is -1.84. The van der Waals surface area contributed by atoms with Crippen LogP contribution in [0, 0.1) is 0 Å². The van der Waals surface area contributed by atoms with Crippen LogP contribution in [0.2, 0.25) is 0 Å². The van der Waals surface area contributed by atoms with Crippen molar-refractivity contribution in [2.75, 3.05) is 11.5 Å². The van der Waals surface area contributed by atoms with E-state index in [1.54, 1.807) is 12.4 Å². The van der Waals surface area contributed by atoms with E-state index in [2.05, 4.69) is 9.97 Å². The Balaban J connectivity index is 0.000000158. The lowest BCUT2D eigenvalue weighted by atomic mass is 10.2. The van der Waals surface area contributed by atoms with Crippen LogP contribution in [0.15, 0.2) is 73.1 Å². The maximum Gasteiger partial charge on any atom is 0.106 e. The van der Waals surface area contributed by atoms with Crippen molar-refractivity contribution >= 4 is 40.0 Å². The lowest BCUT2D eigenvalue weighted by Gasteiger charge is -1.96. The fourth-order valence-electron chi connectivity index (χ4n) is 2.19. The summed E-state index contributed by atoms with van der Waals surface area (Å²) in [5.41, 5.74) is 14.7. The maximum atomic E-state index is 8.00. The molecule has 0 amide bonds. The van der Waals surface area contributed by atoms with Crippen molar-refractivity contribution in [3.63, 3.8) is 0 Å². The van der Waals surface area contributed by atoms with E-state index in [-0.39, 0.29) is 0 Å². The van der Waals surface area contributed by atoms with Crippen LogP contribution in [-0.2, 0) is 4.79 Å². The zero-order valence-corrected chi connectivity index (χ0v) is 13.1. The number of carbonyl (C=O) groups excluding carboxylic acids is 1. The molecule has 2 aromatic carbocycles. The summed E-state index contributed by atoms with van der Waals surface area (Å²) >= 11 is 0. The molecule has 4 rings (SSSR count). The number of benzene rings is 2. The predicted molar refractivity (Wildman–Crippen MR) is 99.4 cm³/mol. The van der Waals surface area contributed by atoms with Crippen LogP contribution in [0.5, 0.6) is 0 Å². The van der Waals surface area contributed by atoms with Crippen molar-refractivity contribution in [1.82, 2.24) is 9.97 Å².